The fourth-order valence-electron chi connectivity index (χ4n) is 1.21. The summed E-state index contributed by atoms with van der Waals surface area (Å²) in [5.74, 6) is 0.214. The molecule has 3 nitrogen and oxygen atoms in total. The van der Waals surface area contributed by atoms with Crippen LogP contribution in [0, 0.1) is 5.41 Å². The Morgan fingerprint density at radius 2 is 1.81 bits per heavy atom. The van der Waals surface area contributed by atoms with Gasteiger partial charge in [-0.2, -0.15) is 0 Å². The van der Waals surface area contributed by atoms with Crippen molar-refractivity contribution in [1.29, 1.82) is 0 Å². The van der Waals surface area contributed by atoms with Gasteiger partial charge in [-0.25, -0.2) is 0 Å². The second kappa shape index (κ2) is 4.92. The van der Waals surface area contributed by atoms with Gasteiger partial charge in [0.05, 0.1) is 6.42 Å². The highest BCUT2D eigenvalue weighted by atomic mass is 16.5. The Bertz CT molecular complexity index is 371. The molecule has 1 aromatic carbocycles. The van der Waals surface area contributed by atoms with E-state index in [-0.39, 0.29) is 11.4 Å². The molecule has 1 aromatic rings. The van der Waals surface area contributed by atoms with Crippen molar-refractivity contribution >= 4 is 12.3 Å². The molecule has 1 rings (SSSR count). The van der Waals surface area contributed by atoms with Crippen LogP contribution in [0.15, 0.2) is 24.3 Å². The monoisotopic (exact) mass is 220 g/mol. The van der Waals surface area contributed by atoms with Crippen molar-refractivity contribution in [1.82, 2.24) is 0 Å². The van der Waals surface area contributed by atoms with Gasteiger partial charge in [-0.05, 0) is 29.7 Å². The Morgan fingerprint density at radius 3 is 2.25 bits per heavy atom. The van der Waals surface area contributed by atoms with E-state index in [1.807, 2.05) is 20.8 Å². The van der Waals surface area contributed by atoms with E-state index in [0.29, 0.717) is 17.7 Å². The van der Waals surface area contributed by atoms with Crippen LogP contribution >= 0.6 is 0 Å². The number of aldehydes is 1. The van der Waals surface area contributed by atoms with Crippen molar-refractivity contribution < 1.29 is 14.3 Å². The maximum absolute atomic E-state index is 11.5. The highest BCUT2D eigenvalue weighted by molar-refractivity contribution is 5.76. The van der Waals surface area contributed by atoms with Gasteiger partial charge in [0.2, 0.25) is 0 Å². The van der Waals surface area contributed by atoms with Crippen molar-refractivity contribution in [3.63, 3.8) is 0 Å². The molecule has 0 saturated carbocycles. The van der Waals surface area contributed by atoms with Gasteiger partial charge in [0.15, 0.2) is 0 Å². The van der Waals surface area contributed by atoms with Crippen LogP contribution in [0.3, 0.4) is 0 Å². The molecule has 0 aliphatic carbocycles. The lowest BCUT2D eigenvalue weighted by molar-refractivity contribution is -0.136. The zero-order chi connectivity index (χ0) is 12.2. The molecule has 0 N–H and O–H groups in total. The van der Waals surface area contributed by atoms with Gasteiger partial charge in [-0.3, -0.25) is 9.59 Å². The summed E-state index contributed by atoms with van der Waals surface area (Å²) in [5.41, 5.74) is 0.482. The Hall–Kier alpha value is -1.64. The summed E-state index contributed by atoms with van der Waals surface area (Å²) in [4.78, 5) is 21.9. The summed E-state index contributed by atoms with van der Waals surface area (Å²) in [7, 11) is 0. The molecular weight excluding hydrogens is 204 g/mol. The SMILES string of the molecule is CC(C)(C)CC(=O)Oc1ccc(C=O)cc1. The van der Waals surface area contributed by atoms with Gasteiger partial charge >= 0.3 is 5.97 Å². The molecule has 16 heavy (non-hydrogen) atoms. The summed E-state index contributed by atoms with van der Waals surface area (Å²) in [6.45, 7) is 5.93. The van der Waals surface area contributed by atoms with E-state index >= 15 is 0 Å². The standard InChI is InChI=1S/C13H16O3/c1-13(2,3)8-12(15)16-11-6-4-10(9-14)5-7-11/h4-7,9H,8H2,1-3H3. The zero-order valence-corrected chi connectivity index (χ0v) is 9.82. The summed E-state index contributed by atoms with van der Waals surface area (Å²) < 4.78 is 5.14. The molecule has 0 amide bonds. The van der Waals surface area contributed by atoms with Crippen LogP contribution in [0.4, 0.5) is 0 Å². The van der Waals surface area contributed by atoms with Gasteiger partial charge in [0, 0.05) is 5.56 Å². The van der Waals surface area contributed by atoms with Crippen LogP contribution in [0.5, 0.6) is 5.75 Å². The first kappa shape index (κ1) is 12.4. The molecular formula is C13H16O3. The average molecular weight is 220 g/mol. The first-order chi connectivity index (χ1) is 7.40. The Labute approximate surface area is 95.4 Å². The van der Waals surface area contributed by atoms with Crippen LogP contribution in [0.25, 0.3) is 0 Å². The molecule has 0 unspecified atom stereocenters. The third-order valence-corrected chi connectivity index (χ3v) is 1.92. The maximum Gasteiger partial charge on any atom is 0.311 e. The maximum atomic E-state index is 11.5. The van der Waals surface area contributed by atoms with E-state index in [0.717, 1.165) is 6.29 Å². The van der Waals surface area contributed by atoms with Crippen molar-refractivity contribution in [3.8, 4) is 5.75 Å². The molecule has 0 aliphatic rings. The minimum atomic E-state index is -0.258. The van der Waals surface area contributed by atoms with E-state index in [1.165, 1.54) is 0 Å². The molecule has 0 fully saturated rings. The van der Waals surface area contributed by atoms with Crippen LogP contribution in [-0.2, 0) is 4.79 Å². The summed E-state index contributed by atoms with van der Waals surface area (Å²) in [5, 5.41) is 0. The number of benzene rings is 1. The first-order valence-corrected chi connectivity index (χ1v) is 5.17. The molecule has 0 radical (unpaired) electrons. The normalized spacial score (nSPS) is 10.9. The van der Waals surface area contributed by atoms with Crippen molar-refractivity contribution in [2.24, 2.45) is 5.41 Å². The third kappa shape index (κ3) is 4.26. The van der Waals surface area contributed by atoms with Gasteiger partial charge < -0.3 is 4.74 Å². The Kier molecular flexibility index (Phi) is 3.82. The van der Waals surface area contributed by atoms with Gasteiger partial charge in [-0.1, -0.05) is 20.8 Å². The lowest BCUT2D eigenvalue weighted by atomic mass is 9.92. The fraction of sp³-hybridized carbons (Fsp3) is 0.385. The van der Waals surface area contributed by atoms with Crippen LogP contribution < -0.4 is 4.74 Å². The van der Waals surface area contributed by atoms with Gasteiger partial charge in [-0.15, -0.1) is 0 Å². The second-order valence-corrected chi connectivity index (χ2v) is 4.90. The molecule has 0 aromatic heterocycles. The van der Waals surface area contributed by atoms with Crippen LogP contribution in [-0.4, -0.2) is 12.3 Å². The summed E-state index contributed by atoms with van der Waals surface area (Å²) in [6, 6.07) is 6.47. The second-order valence-electron chi connectivity index (χ2n) is 4.90. The lowest BCUT2D eigenvalue weighted by Gasteiger charge is -2.16. The van der Waals surface area contributed by atoms with E-state index in [9.17, 15) is 9.59 Å². The quantitative estimate of drug-likeness (QED) is 0.447. The van der Waals surface area contributed by atoms with E-state index in [4.69, 9.17) is 4.74 Å². The smallest absolute Gasteiger partial charge is 0.311 e. The van der Waals surface area contributed by atoms with Crippen molar-refractivity contribution in [2.75, 3.05) is 0 Å². The predicted octanol–water partition coefficient (Wildman–Crippen LogP) is 2.84. The number of ether oxygens (including phenoxy) is 1. The minimum absolute atomic E-state index is 0.0835. The molecule has 0 bridgehead atoms. The average Bonchev–Trinajstić information content (AvgIpc) is 2.16. The topological polar surface area (TPSA) is 43.4 Å². The number of hydrogen-bond donors (Lipinski definition) is 0. The number of carbonyl (C=O) groups is 2. The number of rotatable bonds is 3. The highest BCUT2D eigenvalue weighted by Gasteiger charge is 2.17. The summed E-state index contributed by atoms with van der Waals surface area (Å²) in [6.07, 6.45) is 1.11. The molecule has 0 aliphatic heterocycles. The first-order valence-electron chi connectivity index (χ1n) is 5.17. The largest absolute Gasteiger partial charge is 0.427 e. The number of hydrogen-bond acceptors (Lipinski definition) is 3. The van der Waals surface area contributed by atoms with E-state index in [1.54, 1.807) is 24.3 Å². The molecule has 0 heterocycles. The fourth-order valence-corrected chi connectivity index (χ4v) is 1.21. The predicted molar refractivity (Wildman–Crippen MR) is 61.5 cm³/mol. The number of esters is 1. The van der Waals surface area contributed by atoms with Crippen molar-refractivity contribution in [3.05, 3.63) is 29.8 Å². The van der Waals surface area contributed by atoms with Crippen LogP contribution in [0.2, 0.25) is 0 Å². The molecule has 0 atom stereocenters. The third-order valence-electron chi connectivity index (χ3n) is 1.92. The minimum Gasteiger partial charge on any atom is -0.427 e. The zero-order valence-electron chi connectivity index (χ0n) is 9.82. The lowest BCUT2D eigenvalue weighted by Crippen LogP contribution is -2.17. The number of carbonyl (C=O) groups excluding carboxylic acids is 2. The van der Waals surface area contributed by atoms with E-state index < -0.39 is 0 Å². The highest BCUT2D eigenvalue weighted by Crippen LogP contribution is 2.20. The van der Waals surface area contributed by atoms with Crippen molar-refractivity contribution in [2.45, 2.75) is 27.2 Å². The molecule has 0 spiro atoms. The Balaban J connectivity index is 2.59. The van der Waals surface area contributed by atoms with Gasteiger partial charge in [0.25, 0.3) is 0 Å². The van der Waals surface area contributed by atoms with Crippen LogP contribution in [0.1, 0.15) is 37.6 Å². The Morgan fingerprint density at radius 1 is 1.25 bits per heavy atom. The molecule has 3 heteroatoms. The summed E-state index contributed by atoms with van der Waals surface area (Å²) >= 11 is 0. The van der Waals surface area contributed by atoms with Gasteiger partial charge in [0.1, 0.15) is 12.0 Å². The molecule has 0 saturated heterocycles. The van der Waals surface area contributed by atoms with E-state index in [2.05, 4.69) is 0 Å². The molecule has 86 valence electrons.